The minimum atomic E-state index is -0.806. The molecule has 8 nitrogen and oxygen atoms in total. The molecule has 0 aromatic heterocycles. The van der Waals surface area contributed by atoms with Crippen LogP contribution in [0.4, 0.5) is 0 Å². The van der Waals surface area contributed by atoms with Gasteiger partial charge in [-0.25, -0.2) is 0 Å². The van der Waals surface area contributed by atoms with E-state index in [1.807, 2.05) is 31.1 Å². The van der Waals surface area contributed by atoms with Gasteiger partial charge in [-0.2, -0.15) is 0 Å². The molecule has 1 unspecified atom stereocenters. The number of nitrogens with zero attached hydrogens (tertiary/aromatic N) is 2. The Hall–Kier alpha value is -3.52. The van der Waals surface area contributed by atoms with Crippen molar-refractivity contribution in [2.45, 2.75) is 12.5 Å². The fourth-order valence-electron chi connectivity index (χ4n) is 4.03. The number of para-hydroxylation sites is 1. The number of aliphatic hydroxyl groups is 1. The fourth-order valence-corrected chi connectivity index (χ4v) is 4.03. The van der Waals surface area contributed by atoms with Crippen LogP contribution in [0.1, 0.15) is 23.6 Å². The van der Waals surface area contributed by atoms with Crippen LogP contribution in [0.2, 0.25) is 0 Å². The number of carbonyl (C=O) groups is 2. The first kappa shape index (κ1) is 24.1. The molecule has 1 atom stereocenters. The summed E-state index contributed by atoms with van der Waals surface area (Å²) in [6.45, 7) is 1.09. The number of ether oxygens (including phenoxy) is 3. The number of likely N-dealkylation sites (tertiary alicyclic amines) is 1. The number of carbonyl (C=O) groups excluding carboxylic acids is 2. The van der Waals surface area contributed by atoms with E-state index in [1.54, 1.807) is 30.3 Å². The monoisotopic (exact) mass is 454 g/mol. The predicted octanol–water partition coefficient (Wildman–Crippen LogP) is 3.09. The standard InChI is InChI=1S/C25H30N2O6/c1-26(2)13-8-14-27-22(17-9-6-7-10-19(17)32-4)21(24(29)25(27)30)23(28)18-15-16(31-3)11-12-20(18)33-5/h6-7,9-12,15,22,28H,8,13-14H2,1-5H3/b23-21+. The van der Waals surface area contributed by atoms with Crippen molar-refractivity contribution in [3.05, 3.63) is 59.2 Å². The molecular weight excluding hydrogens is 424 g/mol. The smallest absolute Gasteiger partial charge is 0.295 e. The summed E-state index contributed by atoms with van der Waals surface area (Å²) in [7, 11) is 8.39. The highest BCUT2D eigenvalue weighted by Gasteiger charge is 2.47. The molecule has 1 amide bonds. The molecule has 0 saturated carbocycles. The van der Waals surface area contributed by atoms with Crippen molar-refractivity contribution in [1.82, 2.24) is 9.80 Å². The molecule has 1 fully saturated rings. The molecule has 1 aliphatic rings. The fraction of sp³-hybridized carbons (Fsp3) is 0.360. The number of Topliss-reactive ketones (excluding diaryl/α,β-unsaturated/α-hetero) is 1. The molecule has 8 heteroatoms. The van der Waals surface area contributed by atoms with Crippen molar-refractivity contribution in [3.8, 4) is 17.2 Å². The molecule has 0 aliphatic carbocycles. The number of aliphatic hydroxyl groups excluding tert-OH is 1. The van der Waals surface area contributed by atoms with Gasteiger partial charge in [-0.15, -0.1) is 0 Å². The number of hydrogen-bond acceptors (Lipinski definition) is 7. The van der Waals surface area contributed by atoms with E-state index in [0.717, 1.165) is 6.54 Å². The lowest BCUT2D eigenvalue weighted by atomic mass is 9.94. The number of amides is 1. The van der Waals surface area contributed by atoms with Crippen LogP contribution in [0.25, 0.3) is 5.76 Å². The first-order valence-corrected chi connectivity index (χ1v) is 10.6. The van der Waals surface area contributed by atoms with E-state index in [4.69, 9.17) is 14.2 Å². The second-order valence-corrected chi connectivity index (χ2v) is 7.96. The summed E-state index contributed by atoms with van der Waals surface area (Å²) < 4.78 is 16.2. The lowest BCUT2D eigenvalue weighted by Crippen LogP contribution is -2.32. The first-order chi connectivity index (χ1) is 15.8. The molecule has 176 valence electrons. The normalized spacial score (nSPS) is 17.5. The van der Waals surface area contributed by atoms with Gasteiger partial charge < -0.3 is 29.1 Å². The lowest BCUT2D eigenvalue weighted by molar-refractivity contribution is -0.140. The molecule has 2 aromatic carbocycles. The summed E-state index contributed by atoms with van der Waals surface area (Å²) in [6, 6.07) is 11.3. The van der Waals surface area contributed by atoms with Crippen molar-refractivity contribution in [3.63, 3.8) is 0 Å². The van der Waals surface area contributed by atoms with Gasteiger partial charge in [-0.05, 0) is 51.3 Å². The van der Waals surface area contributed by atoms with Crippen LogP contribution >= 0.6 is 0 Å². The van der Waals surface area contributed by atoms with Gasteiger partial charge in [-0.3, -0.25) is 9.59 Å². The van der Waals surface area contributed by atoms with E-state index in [1.165, 1.54) is 26.2 Å². The summed E-state index contributed by atoms with van der Waals surface area (Å²) in [5.41, 5.74) is 0.872. The van der Waals surface area contributed by atoms with Crippen molar-refractivity contribution >= 4 is 17.4 Å². The molecule has 0 spiro atoms. The molecule has 0 radical (unpaired) electrons. The van der Waals surface area contributed by atoms with Crippen molar-refractivity contribution < 1.29 is 28.9 Å². The second-order valence-electron chi connectivity index (χ2n) is 7.96. The van der Waals surface area contributed by atoms with Crippen molar-refractivity contribution in [1.29, 1.82) is 0 Å². The average Bonchev–Trinajstić information content (AvgIpc) is 3.07. The molecule has 1 heterocycles. The summed E-state index contributed by atoms with van der Waals surface area (Å²) >= 11 is 0. The van der Waals surface area contributed by atoms with Gasteiger partial charge in [0.25, 0.3) is 11.7 Å². The quantitative estimate of drug-likeness (QED) is 0.354. The Morgan fingerprint density at radius 1 is 1.00 bits per heavy atom. The molecular formula is C25H30N2O6. The zero-order valence-electron chi connectivity index (χ0n) is 19.6. The third-order valence-electron chi connectivity index (χ3n) is 5.64. The Balaban J connectivity index is 2.21. The van der Waals surface area contributed by atoms with Gasteiger partial charge >= 0.3 is 0 Å². The van der Waals surface area contributed by atoms with Crippen molar-refractivity contribution in [2.75, 3.05) is 48.5 Å². The zero-order chi connectivity index (χ0) is 24.1. The second kappa shape index (κ2) is 10.4. The Bertz CT molecular complexity index is 1060. The summed E-state index contributed by atoms with van der Waals surface area (Å²) in [5.74, 6) is -0.385. The van der Waals surface area contributed by atoms with Crippen LogP contribution in [-0.4, -0.2) is 75.1 Å². The van der Waals surface area contributed by atoms with Crippen LogP contribution in [-0.2, 0) is 9.59 Å². The largest absolute Gasteiger partial charge is 0.507 e. The maximum atomic E-state index is 13.2. The Kier molecular flexibility index (Phi) is 7.60. The average molecular weight is 455 g/mol. The lowest BCUT2D eigenvalue weighted by Gasteiger charge is -2.27. The third kappa shape index (κ3) is 4.80. The molecule has 1 aliphatic heterocycles. The summed E-state index contributed by atoms with van der Waals surface area (Å²) in [4.78, 5) is 29.9. The maximum Gasteiger partial charge on any atom is 0.295 e. The first-order valence-electron chi connectivity index (χ1n) is 10.6. The topological polar surface area (TPSA) is 88.5 Å². The van der Waals surface area contributed by atoms with E-state index < -0.39 is 17.7 Å². The Morgan fingerprint density at radius 2 is 1.70 bits per heavy atom. The van der Waals surface area contributed by atoms with E-state index in [0.29, 0.717) is 35.8 Å². The van der Waals surface area contributed by atoms with E-state index in [9.17, 15) is 14.7 Å². The summed E-state index contributed by atoms with van der Waals surface area (Å²) in [5, 5.41) is 11.4. The summed E-state index contributed by atoms with van der Waals surface area (Å²) in [6.07, 6.45) is 0.661. The number of ketones is 1. The molecule has 2 aromatic rings. The van der Waals surface area contributed by atoms with E-state index >= 15 is 0 Å². The van der Waals surface area contributed by atoms with Crippen LogP contribution in [0, 0.1) is 0 Å². The highest BCUT2D eigenvalue weighted by atomic mass is 16.5. The minimum absolute atomic E-state index is 0.0130. The molecule has 3 rings (SSSR count). The van der Waals surface area contributed by atoms with Gasteiger partial charge in [0, 0.05) is 12.1 Å². The molecule has 1 N–H and O–H groups in total. The van der Waals surface area contributed by atoms with Crippen LogP contribution in [0.3, 0.4) is 0 Å². The van der Waals surface area contributed by atoms with Crippen molar-refractivity contribution in [2.24, 2.45) is 0 Å². The Labute approximate surface area is 194 Å². The van der Waals surface area contributed by atoms with Gasteiger partial charge in [0.1, 0.15) is 23.0 Å². The third-order valence-corrected chi connectivity index (χ3v) is 5.64. The number of benzene rings is 2. The maximum absolute atomic E-state index is 13.2. The predicted molar refractivity (Wildman–Crippen MR) is 125 cm³/mol. The van der Waals surface area contributed by atoms with E-state index in [2.05, 4.69) is 0 Å². The van der Waals surface area contributed by atoms with E-state index in [-0.39, 0.29) is 16.9 Å². The Morgan fingerprint density at radius 3 is 2.33 bits per heavy atom. The zero-order valence-corrected chi connectivity index (χ0v) is 19.6. The van der Waals surface area contributed by atoms with Crippen LogP contribution in [0.5, 0.6) is 17.2 Å². The van der Waals surface area contributed by atoms with Gasteiger partial charge in [-0.1, -0.05) is 18.2 Å². The van der Waals surface area contributed by atoms with Crippen LogP contribution < -0.4 is 14.2 Å². The number of hydrogen-bond donors (Lipinski definition) is 1. The van der Waals surface area contributed by atoms with Gasteiger partial charge in [0.05, 0.1) is 38.5 Å². The molecule has 33 heavy (non-hydrogen) atoms. The van der Waals surface area contributed by atoms with Gasteiger partial charge in [0.2, 0.25) is 0 Å². The highest BCUT2D eigenvalue weighted by Crippen LogP contribution is 2.44. The highest BCUT2D eigenvalue weighted by molar-refractivity contribution is 6.46. The molecule has 0 bridgehead atoms. The number of rotatable bonds is 9. The minimum Gasteiger partial charge on any atom is -0.507 e. The SMILES string of the molecule is COc1ccc(OC)c(/C(O)=C2\C(=O)C(=O)N(CCCN(C)C)C2c2ccccc2OC)c1. The van der Waals surface area contributed by atoms with Crippen LogP contribution in [0.15, 0.2) is 48.0 Å². The van der Waals surface area contributed by atoms with Gasteiger partial charge in [0.15, 0.2) is 0 Å². The number of methoxy groups -OCH3 is 3. The molecule has 1 saturated heterocycles.